The first kappa shape index (κ1) is 18.9. The highest BCUT2D eigenvalue weighted by atomic mass is 16.6. The van der Waals surface area contributed by atoms with E-state index in [1.807, 2.05) is 0 Å². The third-order valence-corrected chi connectivity index (χ3v) is 3.59. The molecule has 1 atom stereocenters. The van der Waals surface area contributed by atoms with Crippen molar-refractivity contribution < 1.29 is 23.7 Å². The number of hydrogen-bond donors (Lipinski definition) is 0. The molecule has 1 unspecified atom stereocenters. The summed E-state index contributed by atoms with van der Waals surface area (Å²) in [5, 5.41) is 15.3. The third-order valence-electron chi connectivity index (χ3n) is 3.59. The minimum Gasteiger partial charge on any atom is -0.492 e. The van der Waals surface area contributed by atoms with Crippen LogP contribution in [-0.2, 0) is 9.53 Å². The Morgan fingerprint density at radius 1 is 1.50 bits per heavy atom. The fourth-order valence-electron chi connectivity index (χ4n) is 2.47. The maximum atomic E-state index is 12.0. The van der Waals surface area contributed by atoms with Crippen LogP contribution >= 0.6 is 0 Å². The Morgan fingerprint density at radius 2 is 2.19 bits per heavy atom. The van der Waals surface area contributed by atoms with Gasteiger partial charge in [0, 0.05) is 6.07 Å². The molecule has 2 heterocycles. The third kappa shape index (κ3) is 3.32. The second kappa shape index (κ2) is 7.60. The highest BCUT2D eigenvalue weighted by molar-refractivity contribution is 5.82. The lowest BCUT2D eigenvalue weighted by Crippen LogP contribution is -2.15. The second-order valence-corrected chi connectivity index (χ2v) is 5.19. The summed E-state index contributed by atoms with van der Waals surface area (Å²) in [5.74, 6) is -0.963. The SMILES string of the molecule is [C-]#[N+]C(C(=O)OCC)c1cc(OC)c(-c2c(C)noc2C)nc1[N+](=O)[O-]. The molecule has 10 nitrogen and oxygen atoms in total. The molecule has 2 rings (SSSR count). The van der Waals surface area contributed by atoms with Crippen LogP contribution in [0.15, 0.2) is 10.6 Å². The first-order chi connectivity index (χ1) is 12.3. The van der Waals surface area contributed by atoms with Crippen LogP contribution in [0.2, 0.25) is 0 Å². The molecule has 0 radical (unpaired) electrons. The van der Waals surface area contributed by atoms with Gasteiger partial charge in [-0.25, -0.2) is 11.4 Å². The van der Waals surface area contributed by atoms with Crippen molar-refractivity contribution in [1.29, 1.82) is 0 Å². The van der Waals surface area contributed by atoms with Crippen molar-refractivity contribution in [3.8, 4) is 17.0 Å². The highest BCUT2D eigenvalue weighted by Gasteiger charge is 2.38. The number of pyridine rings is 1. The molecular weight excluding hydrogens is 344 g/mol. The molecule has 136 valence electrons. The van der Waals surface area contributed by atoms with E-state index in [-0.39, 0.29) is 23.6 Å². The summed E-state index contributed by atoms with van der Waals surface area (Å²) in [6.07, 6.45) is 0. The molecule has 0 aliphatic heterocycles. The number of carbonyl (C=O) groups excluding carboxylic acids is 1. The van der Waals surface area contributed by atoms with Gasteiger partial charge in [-0.1, -0.05) is 5.16 Å². The van der Waals surface area contributed by atoms with Crippen LogP contribution < -0.4 is 4.74 Å². The van der Waals surface area contributed by atoms with Gasteiger partial charge in [0.15, 0.2) is 5.75 Å². The molecular formula is C16H16N4O6. The Morgan fingerprint density at radius 3 is 2.65 bits per heavy atom. The Balaban J connectivity index is 2.75. The highest BCUT2D eigenvalue weighted by Crippen LogP contribution is 2.39. The first-order valence-electron chi connectivity index (χ1n) is 7.55. The van der Waals surface area contributed by atoms with Crippen molar-refractivity contribution in [2.45, 2.75) is 26.8 Å². The zero-order valence-corrected chi connectivity index (χ0v) is 14.6. The van der Waals surface area contributed by atoms with Gasteiger partial charge in [-0.3, -0.25) is 4.85 Å². The van der Waals surface area contributed by atoms with Crippen LogP contribution in [0.25, 0.3) is 16.1 Å². The van der Waals surface area contributed by atoms with Gasteiger partial charge < -0.3 is 24.1 Å². The molecule has 0 fully saturated rings. The number of esters is 1. The molecule has 0 amide bonds. The molecule has 2 aromatic heterocycles. The van der Waals surface area contributed by atoms with E-state index in [1.54, 1.807) is 20.8 Å². The Kier molecular flexibility index (Phi) is 5.51. The topological polar surface area (TPSA) is 122 Å². The molecule has 0 bridgehead atoms. The van der Waals surface area contributed by atoms with E-state index in [4.69, 9.17) is 20.6 Å². The Hall–Kier alpha value is -3.48. The van der Waals surface area contributed by atoms with Crippen LogP contribution in [0, 0.1) is 30.5 Å². The summed E-state index contributed by atoms with van der Waals surface area (Å²) in [6, 6.07) is -0.262. The molecule has 0 aliphatic carbocycles. The first-order valence-corrected chi connectivity index (χ1v) is 7.55. The van der Waals surface area contributed by atoms with Crippen LogP contribution in [-0.4, -0.2) is 34.7 Å². The summed E-state index contributed by atoms with van der Waals surface area (Å²) in [4.78, 5) is 30.0. The Labute approximate surface area is 148 Å². The molecule has 0 aromatic carbocycles. The normalized spacial score (nSPS) is 11.5. The minimum atomic E-state index is -1.52. The number of hydrogen-bond acceptors (Lipinski definition) is 8. The van der Waals surface area contributed by atoms with Crippen LogP contribution in [0.3, 0.4) is 0 Å². The molecule has 10 heteroatoms. The molecule has 26 heavy (non-hydrogen) atoms. The van der Waals surface area contributed by atoms with Crippen molar-refractivity contribution in [3.05, 3.63) is 44.6 Å². The van der Waals surface area contributed by atoms with E-state index in [1.165, 1.54) is 13.2 Å². The van der Waals surface area contributed by atoms with Gasteiger partial charge in [0.25, 0.3) is 0 Å². The van der Waals surface area contributed by atoms with Crippen molar-refractivity contribution in [3.63, 3.8) is 0 Å². The average Bonchev–Trinajstić information content (AvgIpc) is 2.93. The molecule has 2 aromatic rings. The molecule has 0 N–H and O–H groups in total. The van der Waals surface area contributed by atoms with Crippen molar-refractivity contribution in [2.75, 3.05) is 13.7 Å². The zero-order valence-electron chi connectivity index (χ0n) is 14.6. The molecule has 0 aliphatic rings. The van der Waals surface area contributed by atoms with E-state index in [0.717, 1.165) is 0 Å². The fourth-order valence-corrected chi connectivity index (χ4v) is 2.47. The van der Waals surface area contributed by atoms with E-state index in [9.17, 15) is 14.9 Å². The van der Waals surface area contributed by atoms with Gasteiger partial charge in [-0.2, -0.15) is 0 Å². The maximum Gasteiger partial charge on any atom is 0.395 e. The van der Waals surface area contributed by atoms with Gasteiger partial charge in [0.05, 0.1) is 25.0 Å². The molecule has 0 saturated heterocycles. The number of methoxy groups -OCH3 is 1. The lowest BCUT2D eigenvalue weighted by Gasteiger charge is -2.09. The fraction of sp³-hybridized carbons (Fsp3) is 0.375. The number of aromatic nitrogens is 2. The predicted octanol–water partition coefficient (Wildman–Crippen LogP) is 2.79. The Bertz CT molecular complexity index is 879. The van der Waals surface area contributed by atoms with Crippen LogP contribution in [0.4, 0.5) is 5.82 Å². The maximum absolute atomic E-state index is 12.0. The number of ether oxygens (including phenoxy) is 2. The largest absolute Gasteiger partial charge is 0.492 e. The standard InChI is InChI=1S/C16H16N4O6/c1-6-25-16(21)13(17-4)10-7-11(24-5)14(18-15(10)20(22)23)12-8(2)19-26-9(12)3/h7,13H,6H2,1-3,5H3. The van der Waals surface area contributed by atoms with Gasteiger partial charge in [0.1, 0.15) is 11.3 Å². The monoisotopic (exact) mass is 360 g/mol. The van der Waals surface area contributed by atoms with Gasteiger partial charge in [-0.15, -0.1) is 0 Å². The quantitative estimate of drug-likeness (QED) is 0.333. The van der Waals surface area contributed by atoms with Crippen LogP contribution in [0.5, 0.6) is 5.75 Å². The van der Waals surface area contributed by atoms with E-state index in [0.29, 0.717) is 17.0 Å². The predicted molar refractivity (Wildman–Crippen MR) is 88.4 cm³/mol. The lowest BCUT2D eigenvalue weighted by atomic mass is 10.0. The van der Waals surface area contributed by atoms with Crippen molar-refractivity contribution in [1.82, 2.24) is 10.1 Å². The van der Waals surface area contributed by atoms with Crippen molar-refractivity contribution >= 4 is 11.8 Å². The van der Waals surface area contributed by atoms with E-state index < -0.39 is 22.8 Å². The average molecular weight is 360 g/mol. The number of aryl methyl sites for hydroxylation is 2. The number of carbonyl (C=O) groups is 1. The summed E-state index contributed by atoms with van der Waals surface area (Å²) >= 11 is 0. The summed E-state index contributed by atoms with van der Waals surface area (Å²) in [7, 11) is 1.35. The lowest BCUT2D eigenvalue weighted by molar-refractivity contribution is -0.390. The number of rotatable bonds is 6. The molecule has 0 saturated carbocycles. The molecule has 0 spiro atoms. The zero-order chi connectivity index (χ0) is 19.4. The van der Waals surface area contributed by atoms with Gasteiger partial charge in [-0.05, 0) is 30.7 Å². The van der Waals surface area contributed by atoms with Crippen LogP contribution in [0.1, 0.15) is 30.0 Å². The van der Waals surface area contributed by atoms with Gasteiger partial charge >= 0.3 is 17.8 Å². The summed E-state index contributed by atoms with van der Waals surface area (Å²) < 4.78 is 15.2. The van der Waals surface area contributed by atoms with E-state index >= 15 is 0 Å². The smallest absolute Gasteiger partial charge is 0.395 e. The summed E-state index contributed by atoms with van der Waals surface area (Å²) in [5.41, 5.74) is 0.872. The second-order valence-electron chi connectivity index (χ2n) is 5.19. The van der Waals surface area contributed by atoms with E-state index in [2.05, 4.69) is 15.0 Å². The summed E-state index contributed by atoms with van der Waals surface area (Å²) in [6.45, 7) is 12.2. The minimum absolute atomic E-state index is 0.0420. The number of nitro groups is 1. The van der Waals surface area contributed by atoms with Crippen molar-refractivity contribution in [2.24, 2.45) is 0 Å². The number of nitrogens with zero attached hydrogens (tertiary/aromatic N) is 4. The van der Waals surface area contributed by atoms with Gasteiger partial charge in [0.2, 0.25) is 5.69 Å².